The van der Waals surface area contributed by atoms with Crippen molar-refractivity contribution in [2.45, 2.75) is 149 Å². The molecule has 0 aliphatic heterocycles. The summed E-state index contributed by atoms with van der Waals surface area (Å²) in [6, 6.07) is 9.98. The summed E-state index contributed by atoms with van der Waals surface area (Å²) in [4.78, 5) is 92.3. The zero-order valence-electron chi connectivity index (χ0n) is 44.2. The molecule has 6 amide bonds. The Labute approximate surface area is 453 Å². The van der Waals surface area contributed by atoms with Crippen molar-refractivity contribution in [1.29, 1.82) is 0 Å². The molecule has 0 aliphatic carbocycles. The molecule has 22 heteroatoms. The van der Waals surface area contributed by atoms with E-state index in [1.807, 2.05) is 71.9 Å². The molecule has 73 heavy (non-hydrogen) atoms. The van der Waals surface area contributed by atoms with Gasteiger partial charge in [-0.15, -0.1) is 0 Å². The zero-order valence-corrected chi connectivity index (χ0v) is 47.0. The minimum absolute atomic E-state index is 0. The van der Waals surface area contributed by atoms with Crippen molar-refractivity contribution >= 4 is 45.6 Å². The van der Waals surface area contributed by atoms with Crippen LogP contribution in [0.4, 0.5) is 0 Å². The molecule has 0 saturated carbocycles. The quantitative estimate of drug-likeness (QED) is 0.0157. The molecule has 0 aliphatic rings. The molecule has 2 aromatic heterocycles. The molecule has 400 valence electrons. The van der Waals surface area contributed by atoms with Crippen LogP contribution in [0.1, 0.15) is 116 Å². The number of aliphatic hydroxyl groups is 1. The Morgan fingerprint density at radius 3 is 2.08 bits per heavy atom. The van der Waals surface area contributed by atoms with Crippen LogP contribution in [0, 0.1) is 28.9 Å². The molecule has 0 spiro atoms. The third kappa shape index (κ3) is 23.0. The number of carbonyl (C=O) groups is 6. The Hall–Kier alpha value is -4.93. The Morgan fingerprint density at radius 2 is 1.49 bits per heavy atom. The number of hydrogen-bond acceptors (Lipinski definition) is 12. The molecule has 2 heterocycles. The van der Waals surface area contributed by atoms with Gasteiger partial charge in [0.1, 0.15) is 24.7 Å². The van der Waals surface area contributed by atoms with Gasteiger partial charge in [0.2, 0.25) is 41.1 Å². The number of rotatable bonds is 32. The zero-order chi connectivity index (χ0) is 53.5. The number of aromatic nitrogens is 3. The van der Waals surface area contributed by atoms with Gasteiger partial charge in [-0.2, -0.15) is 4.73 Å². The van der Waals surface area contributed by atoms with Crippen LogP contribution in [0.5, 0.6) is 0 Å². The number of nitrogens with zero attached hydrogens (tertiary/aromatic N) is 4. The van der Waals surface area contributed by atoms with Crippen molar-refractivity contribution in [3.05, 3.63) is 89.4 Å². The summed E-state index contributed by atoms with van der Waals surface area (Å²) < 4.78 is 33.4. The van der Waals surface area contributed by atoms with Gasteiger partial charge in [0, 0.05) is 76.3 Å². The van der Waals surface area contributed by atoms with Gasteiger partial charge in [0.25, 0.3) is 0 Å². The van der Waals surface area contributed by atoms with E-state index >= 15 is 0 Å². The number of carbonyl (C=O) groups excluding carboxylic acids is 6. The van der Waals surface area contributed by atoms with Crippen LogP contribution in [0.3, 0.4) is 0 Å². The number of benzene rings is 1. The van der Waals surface area contributed by atoms with Crippen molar-refractivity contribution in [3.8, 4) is 0 Å². The number of amides is 6. The molecule has 0 bridgehead atoms. The van der Waals surface area contributed by atoms with Crippen LogP contribution in [0.15, 0.2) is 67.3 Å². The van der Waals surface area contributed by atoms with Crippen LogP contribution in [-0.4, -0.2) is 130 Å². The number of imidazole rings is 1. The fourth-order valence-electron chi connectivity index (χ4n) is 8.26. The first-order valence-corrected chi connectivity index (χ1v) is 26.6. The maximum absolute atomic E-state index is 14.6. The average molecular weight is 1050 g/mol. The molecule has 7 unspecified atom stereocenters. The van der Waals surface area contributed by atoms with Gasteiger partial charge < -0.3 is 50.9 Å². The molecule has 6 N–H and O–H groups in total. The first-order chi connectivity index (χ1) is 34.0. The van der Waals surface area contributed by atoms with Gasteiger partial charge in [-0.25, -0.2) is 13.4 Å². The van der Waals surface area contributed by atoms with Crippen LogP contribution >= 0.6 is 0 Å². The molecule has 7 atom stereocenters. The normalized spacial score (nSPS) is 14.4. The maximum atomic E-state index is 14.6. The van der Waals surface area contributed by atoms with Gasteiger partial charge in [-0.1, -0.05) is 91.1 Å². The van der Waals surface area contributed by atoms with E-state index in [1.165, 1.54) is 36.4 Å². The first kappa shape index (κ1) is 64.2. The summed E-state index contributed by atoms with van der Waals surface area (Å²) in [5.41, 5.74) is 1.65. The predicted octanol–water partition coefficient (Wildman–Crippen LogP) is -0.110. The molecular formula is C51H78N9NaO11S. The van der Waals surface area contributed by atoms with Crippen LogP contribution in [0.25, 0.3) is 0 Å². The Kier molecular flexibility index (Phi) is 28.5. The summed E-state index contributed by atoms with van der Waals surface area (Å²) in [5, 5.41) is 35.8. The molecule has 3 aromatic rings. The van der Waals surface area contributed by atoms with Crippen molar-refractivity contribution < 1.29 is 81.1 Å². The molecular weight excluding hydrogens is 970 g/mol. The van der Waals surface area contributed by atoms with Crippen LogP contribution in [0.2, 0.25) is 0 Å². The predicted molar refractivity (Wildman–Crippen MR) is 270 cm³/mol. The van der Waals surface area contributed by atoms with Crippen molar-refractivity contribution in [2.24, 2.45) is 23.7 Å². The molecule has 1 aromatic carbocycles. The standard InChI is InChI=1S/C51H79N9O11S.Na/c1-9-36(6)47(50(66)53-32-39-21-17-18-24-60(39)68)57-48(64)40(35(4)5)30-44(61)41(27-34(2)3)56-49(65)43(29-38-31-52-33-54-38)59(8)51(67)42(28-37-19-13-12-14-20-37)55-45(62)22-15-10-11-16-23-46(63)58(7)25-26-72(69,70)71;/h12-14,17-21,24,31,33-36,40-44,47,61H,9-11,15-16,22-23,25-30,32H2,1-8H3,(H,52,54)(H,53,66)(H,55,62)(H,56,65)(H,57,64)(H,69,70,71);/q;+1/p-1. The molecule has 20 nitrogen and oxygen atoms in total. The van der Waals surface area contributed by atoms with Gasteiger partial charge in [-0.05, 0) is 55.1 Å². The van der Waals surface area contributed by atoms with E-state index < -0.39 is 75.7 Å². The number of unbranched alkanes of at least 4 members (excludes halogenated alkanes) is 3. The van der Waals surface area contributed by atoms with E-state index in [-0.39, 0.29) is 104 Å². The number of aromatic amines is 1. The second-order valence-corrected chi connectivity index (χ2v) is 21.1. The third-order valence-corrected chi connectivity index (χ3v) is 13.6. The number of nitrogens with one attached hydrogen (secondary N) is 5. The van der Waals surface area contributed by atoms with E-state index in [0.29, 0.717) is 54.6 Å². The SMILES string of the molecule is CCC(C)C(NC(=O)C(CC(O)C(CC(C)C)NC(=O)C(Cc1cnc[nH]1)N(C)C(=O)C(Cc1ccccc1)NC(=O)CCCCCCC(=O)N(C)CCS(=O)(=O)[O-])C(C)C)C(=O)NCc1cccc[n+]1[O-].[Na+]. The summed E-state index contributed by atoms with van der Waals surface area (Å²) >= 11 is 0. The maximum Gasteiger partial charge on any atom is 1.00 e. The van der Waals surface area contributed by atoms with Crippen LogP contribution < -0.4 is 55.6 Å². The van der Waals surface area contributed by atoms with E-state index in [2.05, 4.69) is 31.2 Å². The second kappa shape index (κ2) is 32.4. The molecule has 0 radical (unpaired) electrons. The molecule has 3 rings (SSSR count). The number of likely N-dealkylation sites (N-methyl/N-ethyl adjacent to an activating group) is 1. The Morgan fingerprint density at radius 1 is 0.836 bits per heavy atom. The monoisotopic (exact) mass is 1050 g/mol. The fraction of sp³-hybridized carbons (Fsp3) is 0.608. The van der Waals surface area contributed by atoms with Crippen molar-refractivity contribution in [1.82, 2.24) is 41.0 Å². The molecule has 0 saturated heterocycles. The fourth-order valence-corrected chi connectivity index (χ4v) is 8.76. The average Bonchev–Trinajstić information content (AvgIpc) is 3.86. The van der Waals surface area contributed by atoms with Gasteiger partial charge in [0.15, 0.2) is 6.20 Å². The summed E-state index contributed by atoms with van der Waals surface area (Å²) in [6.07, 6.45) is 6.47. The first-order valence-electron chi connectivity index (χ1n) is 25.0. The summed E-state index contributed by atoms with van der Waals surface area (Å²) in [6.45, 7) is 11.1. The summed E-state index contributed by atoms with van der Waals surface area (Å²) in [7, 11) is -1.52. The van der Waals surface area contributed by atoms with Gasteiger partial charge >= 0.3 is 29.6 Å². The Bertz CT molecular complexity index is 2290. The van der Waals surface area contributed by atoms with Gasteiger partial charge in [-0.3, -0.25) is 28.8 Å². The minimum Gasteiger partial charge on any atom is -0.748 e. The molecule has 0 fully saturated rings. The minimum atomic E-state index is -4.44. The van der Waals surface area contributed by atoms with Gasteiger partial charge in [0.05, 0.1) is 34.3 Å². The van der Waals surface area contributed by atoms with E-state index in [4.69, 9.17) is 0 Å². The van der Waals surface area contributed by atoms with Crippen molar-refractivity contribution in [2.75, 3.05) is 26.4 Å². The largest absolute Gasteiger partial charge is 1.00 e. The van der Waals surface area contributed by atoms with E-state index in [1.54, 1.807) is 24.4 Å². The van der Waals surface area contributed by atoms with E-state index in [9.17, 15) is 52.1 Å². The number of aliphatic hydroxyl groups excluding tert-OH is 1. The summed E-state index contributed by atoms with van der Waals surface area (Å²) in [5.74, 6) is -4.70. The topological polar surface area (TPSA) is 290 Å². The third-order valence-electron chi connectivity index (χ3n) is 12.9. The number of H-pyrrole nitrogens is 1. The number of hydrogen-bond donors (Lipinski definition) is 6. The smallest absolute Gasteiger partial charge is 0.748 e. The van der Waals surface area contributed by atoms with E-state index in [0.717, 1.165) is 5.56 Å². The van der Waals surface area contributed by atoms with Crippen molar-refractivity contribution in [3.63, 3.8) is 0 Å². The van der Waals surface area contributed by atoms with Crippen LogP contribution in [-0.2, 0) is 58.3 Å². The second-order valence-electron chi connectivity index (χ2n) is 19.6. The number of pyridine rings is 1. The Balaban J connectivity index is 0.0000183.